The van der Waals surface area contributed by atoms with Gasteiger partial charge in [0.05, 0.1) is 5.02 Å². The Hall–Kier alpha value is -1.82. The maximum absolute atomic E-state index is 12.0. The van der Waals surface area contributed by atoms with Gasteiger partial charge in [0.2, 0.25) is 0 Å². The minimum absolute atomic E-state index is 0.00580. The van der Waals surface area contributed by atoms with Crippen LogP contribution in [0.4, 0.5) is 0 Å². The first-order valence-electron chi connectivity index (χ1n) is 6.10. The summed E-state index contributed by atoms with van der Waals surface area (Å²) < 4.78 is 5.22. The number of carbonyl (C=O) groups is 1. The molecular formula is C13H18ClN3O3. The van der Waals surface area contributed by atoms with Gasteiger partial charge >= 0.3 is 5.97 Å². The van der Waals surface area contributed by atoms with Crippen LogP contribution in [0.2, 0.25) is 5.02 Å². The number of rotatable bonds is 4. The van der Waals surface area contributed by atoms with Gasteiger partial charge in [-0.05, 0) is 39.8 Å². The van der Waals surface area contributed by atoms with Crippen molar-refractivity contribution >= 4 is 23.4 Å². The summed E-state index contributed by atoms with van der Waals surface area (Å²) in [5.74, 6) is -0.554. The summed E-state index contributed by atoms with van der Waals surface area (Å²) in [6.07, 6.45) is 0. The first-order chi connectivity index (χ1) is 9.24. The molecule has 1 heterocycles. The summed E-state index contributed by atoms with van der Waals surface area (Å²) in [7, 11) is 0. The second-order valence-electron chi connectivity index (χ2n) is 4.92. The number of aromatic nitrogens is 1. The molecule has 1 rings (SSSR count). The number of hydrogen-bond donors (Lipinski definition) is 1. The van der Waals surface area contributed by atoms with Crippen LogP contribution >= 0.6 is 11.6 Å². The van der Waals surface area contributed by atoms with E-state index >= 15 is 0 Å². The van der Waals surface area contributed by atoms with Gasteiger partial charge in [0.15, 0.2) is 11.5 Å². The lowest BCUT2D eigenvalue weighted by Crippen LogP contribution is -2.25. The third-order valence-electron chi connectivity index (χ3n) is 1.99. The van der Waals surface area contributed by atoms with Crippen LogP contribution < -0.4 is 5.73 Å². The number of pyridine rings is 1. The Kier molecular flexibility index (Phi) is 5.33. The van der Waals surface area contributed by atoms with Crippen LogP contribution in [0.1, 0.15) is 43.9 Å². The first-order valence-corrected chi connectivity index (χ1v) is 6.48. The molecule has 2 N–H and O–H groups in total. The van der Waals surface area contributed by atoms with Crippen LogP contribution in [-0.4, -0.2) is 29.0 Å². The molecule has 0 fully saturated rings. The number of amidine groups is 1. The molecule has 0 amide bonds. The molecule has 0 radical (unpaired) electrons. The predicted octanol–water partition coefficient (Wildman–Crippen LogP) is 2.35. The van der Waals surface area contributed by atoms with Gasteiger partial charge in [-0.3, -0.25) is 0 Å². The van der Waals surface area contributed by atoms with Gasteiger partial charge in [-0.2, -0.15) is 0 Å². The van der Waals surface area contributed by atoms with Crippen LogP contribution in [0.15, 0.2) is 17.3 Å². The van der Waals surface area contributed by atoms with Crippen molar-refractivity contribution in [1.82, 2.24) is 4.98 Å². The standard InChI is InChI=1S/C13H18ClN3O3/c1-5-19-17-11(15)9-7-6-8(14)10(16-9)12(18)20-13(2,3)4/h6-7H,5H2,1-4H3,(H2,15,17). The molecule has 0 saturated carbocycles. The molecule has 0 aliphatic carbocycles. The van der Waals surface area contributed by atoms with E-state index in [1.807, 2.05) is 0 Å². The molecule has 7 heteroatoms. The number of halogens is 1. The van der Waals surface area contributed by atoms with Crippen molar-refractivity contribution in [1.29, 1.82) is 0 Å². The molecule has 0 aliphatic heterocycles. The highest BCUT2D eigenvalue weighted by Gasteiger charge is 2.22. The van der Waals surface area contributed by atoms with Gasteiger partial charge in [-0.25, -0.2) is 9.78 Å². The quantitative estimate of drug-likeness (QED) is 0.399. The third-order valence-corrected chi connectivity index (χ3v) is 2.30. The predicted molar refractivity (Wildman–Crippen MR) is 76.8 cm³/mol. The number of esters is 1. The summed E-state index contributed by atoms with van der Waals surface area (Å²) in [4.78, 5) is 20.9. The van der Waals surface area contributed by atoms with E-state index in [2.05, 4.69) is 10.1 Å². The molecular weight excluding hydrogens is 282 g/mol. The zero-order chi connectivity index (χ0) is 15.3. The maximum atomic E-state index is 12.0. The SMILES string of the molecule is CCO/N=C(\N)c1ccc(Cl)c(C(=O)OC(C)(C)C)n1. The highest BCUT2D eigenvalue weighted by Crippen LogP contribution is 2.18. The number of nitrogens with two attached hydrogens (primary N) is 1. The Morgan fingerprint density at radius 2 is 2.10 bits per heavy atom. The summed E-state index contributed by atoms with van der Waals surface area (Å²) in [5.41, 5.74) is 5.35. The van der Waals surface area contributed by atoms with Crippen LogP contribution in [0, 0.1) is 0 Å². The van der Waals surface area contributed by atoms with E-state index in [4.69, 9.17) is 26.9 Å². The molecule has 0 bridgehead atoms. The molecule has 1 aromatic rings. The Balaban J connectivity index is 3.06. The second kappa shape index (κ2) is 6.56. The lowest BCUT2D eigenvalue weighted by Gasteiger charge is -2.19. The number of carbonyl (C=O) groups excluding carboxylic acids is 1. The average Bonchev–Trinajstić information content (AvgIpc) is 2.34. The van der Waals surface area contributed by atoms with E-state index in [1.165, 1.54) is 6.07 Å². The monoisotopic (exact) mass is 299 g/mol. The molecule has 0 unspecified atom stereocenters. The van der Waals surface area contributed by atoms with Gasteiger partial charge in [-0.1, -0.05) is 16.8 Å². The Morgan fingerprint density at radius 1 is 1.45 bits per heavy atom. The van der Waals surface area contributed by atoms with Crippen molar-refractivity contribution in [2.75, 3.05) is 6.61 Å². The van der Waals surface area contributed by atoms with Gasteiger partial charge in [0.1, 0.15) is 17.9 Å². The van der Waals surface area contributed by atoms with E-state index in [9.17, 15) is 4.79 Å². The molecule has 0 saturated heterocycles. The van der Waals surface area contributed by atoms with Crippen LogP contribution in [0.3, 0.4) is 0 Å². The Bertz CT molecular complexity index is 524. The fraction of sp³-hybridized carbons (Fsp3) is 0.462. The average molecular weight is 300 g/mol. The number of oxime groups is 1. The fourth-order valence-electron chi connectivity index (χ4n) is 1.24. The normalized spacial score (nSPS) is 12.2. The minimum atomic E-state index is -0.636. The lowest BCUT2D eigenvalue weighted by atomic mass is 10.2. The smallest absolute Gasteiger partial charge is 0.359 e. The molecule has 20 heavy (non-hydrogen) atoms. The first kappa shape index (κ1) is 16.2. The number of ether oxygens (including phenoxy) is 1. The third kappa shape index (κ3) is 4.70. The van der Waals surface area contributed by atoms with Crippen LogP contribution in [0.5, 0.6) is 0 Å². The Morgan fingerprint density at radius 3 is 2.65 bits per heavy atom. The van der Waals surface area contributed by atoms with Gasteiger partial charge in [-0.15, -0.1) is 0 Å². The summed E-state index contributed by atoms with van der Waals surface area (Å²) in [5, 5.41) is 3.84. The van der Waals surface area contributed by atoms with E-state index in [1.54, 1.807) is 33.8 Å². The molecule has 6 nitrogen and oxygen atoms in total. The van der Waals surface area contributed by atoms with Crippen molar-refractivity contribution in [2.24, 2.45) is 10.9 Å². The van der Waals surface area contributed by atoms with E-state index < -0.39 is 11.6 Å². The van der Waals surface area contributed by atoms with E-state index in [0.717, 1.165) is 0 Å². The molecule has 0 aromatic carbocycles. The van der Waals surface area contributed by atoms with E-state index in [0.29, 0.717) is 12.3 Å². The van der Waals surface area contributed by atoms with Gasteiger partial charge in [0.25, 0.3) is 0 Å². The zero-order valence-corrected chi connectivity index (χ0v) is 12.7. The topological polar surface area (TPSA) is 86.8 Å². The number of hydrogen-bond acceptors (Lipinski definition) is 5. The number of nitrogens with zero attached hydrogens (tertiary/aromatic N) is 2. The minimum Gasteiger partial charge on any atom is -0.455 e. The van der Waals surface area contributed by atoms with Crippen molar-refractivity contribution < 1.29 is 14.4 Å². The highest BCUT2D eigenvalue weighted by atomic mass is 35.5. The summed E-state index contributed by atoms with van der Waals surface area (Å²) >= 11 is 5.95. The molecule has 0 aliphatic rings. The zero-order valence-electron chi connectivity index (χ0n) is 11.9. The van der Waals surface area contributed by atoms with Crippen molar-refractivity contribution in [3.8, 4) is 0 Å². The van der Waals surface area contributed by atoms with Gasteiger partial charge in [0, 0.05) is 0 Å². The van der Waals surface area contributed by atoms with Crippen LogP contribution in [0.25, 0.3) is 0 Å². The molecule has 0 spiro atoms. The van der Waals surface area contributed by atoms with E-state index in [-0.39, 0.29) is 16.6 Å². The summed E-state index contributed by atoms with van der Waals surface area (Å²) in [6.45, 7) is 7.43. The van der Waals surface area contributed by atoms with Crippen molar-refractivity contribution in [2.45, 2.75) is 33.3 Å². The van der Waals surface area contributed by atoms with Crippen molar-refractivity contribution in [3.05, 3.63) is 28.5 Å². The Labute approximate surface area is 122 Å². The van der Waals surface area contributed by atoms with Crippen LogP contribution in [-0.2, 0) is 9.57 Å². The van der Waals surface area contributed by atoms with Gasteiger partial charge < -0.3 is 15.3 Å². The largest absolute Gasteiger partial charge is 0.455 e. The lowest BCUT2D eigenvalue weighted by molar-refractivity contribution is 0.00630. The van der Waals surface area contributed by atoms with Crippen molar-refractivity contribution in [3.63, 3.8) is 0 Å². The molecule has 0 atom stereocenters. The fourth-order valence-corrected chi connectivity index (χ4v) is 1.42. The summed E-state index contributed by atoms with van der Waals surface area (Å²) in [6, 6.07) is 3.06. The highest BCUT2D eigenvalue weighted by molar-refractivity contribution is 6.33. The maximum Gasteiger partial charge on any atom is 0.359 e. The molecule has 1 aromatic heterocycles. The molecule has 110 valence electrons. The second-order valence-corrected chi connectivity index (χ2v) is 5.33.